The summed E-state index contributed by atoms with van der Waals surface area (Å²) >= 11 is 0. The van der Waals surface area contributed by atoms with E-state index in [1.165, 1.54) is 48.6 Å². The number of benzene rings is 3. The topological polar surface area (TPSA) is 190 Å². The molecule has 0 amide bonds. The van der Waals surface area contributed by atoms with Gasteiger partial charge < -0.3 is 29.4 Å². The van der Waals surface area contributed by atoms with Crippen molar-refractivity contribution in [2.45, 2.75) is 9.79 Å². The fraction of sp³-hybridized carbons (Fsp3) is 0.148. The predicted octanol–water partition coefficient (Wildman–Crippen LogP) is -2.82. The first kappa shape index (κ1) is 36.1. The molecule has 1 aromatic heterocycles. The minimum absolute atomic E-state index is 0. The first-order valence-corrected chi connectivity index (χ1v) is 15.4. The van der Waals surface area contributed by atoms with E-state index in [-0.39, 0.29) is 87.8 Å². The maximum absolute atomic E-state index is 12.5. The average Bonchev–Trinajstić information content (AvgIpc) is 2.96. The summed E-state index contributed by atoms with van der Waals surface area (Å²) in [7, 11) is -9.87. The number of hydrogen-bond acceptors (Lipinski definition) is 13. The van der Waals surface area contributed by atoms with Gasteiger partial charge in [0.25, 0.3) is 0 Å². The maximum Gasteiger partial charge on any atom is 1.00 e. The Morgan fingerprint density at radius 1 is 0.705 bits per heavy atom. The smallest absolute Gasteiger partial charge is 0.744 e. The van der Waals surface area contributed by atoms with E-state index in [1.54, 1.807) is 0 Å². The van der Waals surface area contributed by atoms with E-state index in [1.807, 2.05) is 35.2 Å². The first-order valence-electron chi connectivity index (χ1n) is 12.6. The molecule has 5 rings (SSSR count). The summed E-state index contributed by atoms with van der Waals surface area (Å²) < 4.78 is 77.8. The number of nitrogens with one attached hydrogen (secondary N) is 2. The molecule has 2 N–H and O–H groups in total. The molecule has 0 bridgehead atoms. The molecule has 1 saturated heterocycles. The van der Waals surface area contributed by atoms with Crippen molar-refractivity contribution in [3.8, 4) is 0 Å². The van der Waals surface area contributed by atoms with E-state index in [9.17, 15) is 25.9 Å². The van der Waals surface area contributed by atoms with Crippen molar-refractivity contribution in [2.75, 3.05) is 41.8 Å². The van der Waals surface area contributed by atoms with Crippen LogP contribution in [0.2, 0.25) is 0 Å². The van der Waals surface area contributed by atoms with E-state index >= 15 is 0 Å². The molecule has 0 spiro atoms. The molecular formula is C27H24N6Na2O7S2. The maximum atomic E-state index is 12.5. The Hall–Kier alpha value is -2.41. The van der Waals surface area contributed by atoms with Gasteiger partial charge in [-0.2, -0.15) is 15.0 Å². The van der Waals surface area contributed by atoms with Crippen molar-refractivity contribution >= 4 is 61.6 Å². The van der Waals surface area contributed by atoms with E-state index in [4.69, 9.17) is 4.74 Å². The number of rotatable bonds is 9. The van der Waals surface area contributed by atoms with Crippen LogP contribution in [0.25, 0.3) is 12.2 Å². The Bertz CT molecular complexity index is 1840. The number of morpholine rings is 1. The largest absolute Gasteiger partial charge is 1.00 e. The molecule has 13 nitrogen and oxygen atoms in total. The minimum Gasteiger partial charge on any atom is -0.744 e. The zero-order valence-electron chi connectivity index (χ0n) is 23.9. The molecular weight excluding hydrogens is 630 g/mol. The van der Waals surface area contributed by atoms with Crippen LogP contribution < -0.4 is 74.6 Å². The SMILES string of the molecule is O=S(=O)([O-])c1ccccc1C=Cc1cccc(Nc2nc(Nc3ccccc3)nc(N3CCOCC3)n2)c1S(=O)(=O)[O-].[Na+].[Na+]. The Morgan fingerprint density at radius 3 is 1.95 bits per heavy atom. The van der Waals surface area contributed by atoms with Gasteiger partial charge in [-0.25, -0.2) is 16.8 Å². The standard InChI is InChI=1S/C27H26N6O7S2.2Na/c34-41(35,36)23-12-5-4-7-19(23)13-14-20-8-6-11-22(24(20)42(37,38)39)29-26-30-25(28-21-9-2-1-3-10-21)31-27(32-26)33-15-17-40-18-16-33;;/h1-14H,15-18H2,(H,34,35,36)(H,37,38,39)(H2,28,29,30,31,32);;/q;2*+1/p-2. The average molecular weight is 655 g/mol. The molecule has 1 fully saturated rings. The van der Waals surface area contributed by atoms with Crippen LogP contribution in [0, 0.1) is 0 Å². The summed E-state index contributed by atoms with van der Waals surface area (Å²) in [5, 5.41) is 5.94. The Morgan fingerprint density at radius 2 is 1.30 bits per heavy atom. The molecule has 17 heteroatoms. The van der Waals surface area contributed by atoms with Crippen LogP contribution in [-0.2, 0) is 25.0 Å². The third-order valence-electron chi connectivity index (χ3n) is 6.12. The van der Waals surface area contributed by atoms with E-state index in [0.717, 1.165) is 6.07 Å². The van der Waals surface area contributed by atoms with E-state index in [0.29, 0.717) is 37.9 Å². The summed E-state index contributed by atoms with van der Waals surface area (Å²) in [6.07, 6.45) is 2.49. The molecule has 0 aliphatic carbocycles. The molecule has 218 valence electrons. The zero-order chi connectivity index (χ0) is 29.7. The molecule has 0 unspecified atom stereocenters. The number of ether oxygens (including phenoxy) is 1. The van der Waals surface area contributed by atoms with Crippen molar-refractivity contribution < 1.29 is 89.8 Å². The van der Waals surface area contributed by atoms with E-state index in [2.05, 4.69) is 25.6 Å². The summed E-state index contributed by atoms with van der Waals surface area (Å²) in [5.41, 5.74) is 0.585. The van der Waals surface area contributed by atoms with Crippen LogP contribution >= 0.6 is 0 Å². The molecule has 44 heavy (non-hydrogen) atoms. The predicted molar refractivity (Wildman–Crippen MR) is 154 cm³/mol. The summed E-state index contributed by atoms with van der Waals surface area (Å²) in [4.78, 5) is 14.1. The second kappa shape index (κ2) is 15.7. The molecule has 3 aromatic carbocycles. The van der Waals surface area contributed by atoms with Gasteiger partial charge >= 0.3 is 59.1 Å². The monoisotopic (exact) mass is 654 g/mol. The van der Waals surface area contributed by atoms with Gasteiger partial charge in [-0.3, -0.25) is 0 Å². The van der Waals surface area contributed by atoms with Gasteiger partial charge in [0.05, 0.1) is 28.7 Å². The van der Waals surface area contributed by atoms with Gasteiger partial charge in [-0.15, -0.1) is 0 Å². The molecule has 0 radical (unpaired) electrons. The van der Waals surface area contributed by atoms with E-state index < -0.39 is 30.0 Å². The number of aromatic nitrogens is 3. The third kappa shape index (κ3) is 9.31. The van der Waals surface area contributed by atoms with Crippen LogP contribution in [0.4, 0.5) is 29.2 Å². The molecule has 0 atom stereocenters. The van der Waals surface area contributed by atoms with Crippen molar-refractivity contribution in [3.63, 3.8) is 0 Å². The van der Waals surface area contributed by atoms with Crippen molar-refractivity contribution in [1.82, 2.24) is 15.0 Å². The van der Waals surface area contributed by atoms with Gasteiger partial charge in [0.1, 0.15) is 20.2 Å². The Labute approximate surface area is 299 Å². The normalized spacial score (nSPS) is 13.5. The summed E-state index contributed by atoms with van der Waals surface area (Å²) in [6, 6.07) is 18.8. The quantitative estimate of drug-likeness (QED) is 0.107. The second-order valence-corrected chi connectivity index (χ2v) is 11.7. The first-order chi connectivity index (χ1) is 20.1. The minimum atomic E-state index is -5.07. The van der Waals surface area contributed by atoms with Crippen molar-refractivity contribution in [3.05, 3.63) is 83.9 Å². The van der Waals surface area contributed by atoms with Crippen LogP contribution in [0.15, 0.2) is 82.6 Å². The summed E-state index contributed by atoms with van der Waals surface area (Å²) in [5.74, 6) is 0.462. The van der Waals surface area contributed by atoms with Gasteiger partial charge in [0.2, 0.25) is 17.8 Å². The van der Waals surface area contributed by atoms with Gasteiger partial charge in [0, 0.05) is 18.8 Å². The number of nitrogens with zero attached hydrogens (tertiary/aromatic N) is 4. The van der Waals surface area contributed by atoms with Gasteiger partial charge in [-0.1, -0.05) is 60.7 Å². The molecule has 0 saturated carbocycles. The van der Waals surface area contributed by atoms with Gasteiger partial charge in [-0.05, 0) is 35.4 Å². The summed E-state index contributed by atoms with van der Waals surface area (Å²) in [6.45, 7) is 1.99. The van der Waals surface area contributed by atoms with Crippen LogP contribution in [0.3, 0.4) is 0 Å². The Kier molecular flexibility index (Phi) is 12.9. The van der Waals surface area contributed by atoms with Crippen LogP contribution in [0.5, 0.6) is 0 Å². The zero-order valence-corrected chi connectivity index (χ0v) is 29.5. The number of hydrogen-bond donors (Lipinski definition) is 2. The fourth-order valence-corrected chi connectivity index (χ4v) is 5.72. The molecule has 2 heterocycles. The fourth-order valence-electron chi connectivity index (χ4n) is 4.24. The number of anilines is 5. The molecule has 4 aromatic rings. The van der Waals surface area contributed by atoms with Crippen molar-refractivity contribution in [2.24, 2.45) is 0 Å². The van der Waals surface area contributed by atoms with Gasteiger partial charge in [0.15, 0.2) is 0 Å². The van der Waals surface area contributed by atoms with Crippen LogP contribution in [0.1, 0.15) is 11.1 Å². The Balaban J connectivity index is 0.00000264. The van der Waals surface area contributed by atoms with Crippen molar-refractivity contribution in [1.29, 1.82) is 0 Å². The molecule has 1 aliphatic heterocycles. The third-order valence-corrected chi connectivity index (χ3v) is 7.99. The molecule has 1 aliphatic rings. The number of para-hydroxylation sites is 1. The second-order valence-electron chi connectivity index (χ2n) is 9.00. The van der Waals surface area contributed by atoms with Crippen LogP contribution in [-0.4, -0.2) is 67.2 Å².